The Bertz CT molecular complexity index is 529. The molecule has 0 aliphatic heterocycles. The number of nitrogen functional groups attached to an aromatic ring is 1. The Labute approximate surface area is 105 Å². The first kappa shape index (κ1) is 13.7. The third-order valence-electron chi connectivity index (χ3n) is 2.25. The van der Waals surface area contributed by atoms with E-state index in [2.05, 4.69) is 15.5 Å². The highest BCUT2D eigenvalue weighted by Gasteiger charge is 2.25. The van der Waals surface area contributed by atoms with E-state index in [4.69, 9.17) is 11.0 Å². The van der Waals surface area contributed by atoms with Crippen molar-refractivity contribution in [2.75, 3.05) is 18.1 Å². The van der Waals surface area contributed by atoms with E-state index in [-0.39, 0.29) is 17.3 Å². The number of Topliss-reactive ketones (excluding diaryl/α,β-unsaturated/α-hetero) is 1. The van der Waals surface area contributed by atoms with Gasteiger partial charge in [0.2, 0.25) is 11.9 Å². The quantitative estimate of drug-likeness (QED) is 0.607. The van der Waals surface area contributed by atoms with Crippen LogP contribution in [-0.4, -0.2) is 27.6 Å². The number of nitrogens with zero attached hydrogens (tertiary/aromatic N) is 4. The summed E-state index contributed by atoms with van der Waals surface area (Å²) in [5.74, 6) is 0.205. The molecule has 0 saturated heterocycles. The molecule has 0 aliphatic rings. The van der Waals surface area contributed by atoms with Crippen LogP contribution in [0.3, 0.4) is 0 Å². The highest BCUT2D eigenvalue weighted by Crippen LogP contribution is 2.21. The molecule has 18 heavy (non-hydrogen) atoms. The number of hydrogen-bond donors (Lipinski definition) is 2. The van der Waals surface area contributed by atoms with Crippen molar-refractivity contribution in [3.05, 3.63) is 5.57 Å². The van der Waals surface area contributed by atoms with Crippen LogP contribution in [0.1, 0.15) is 20.8 Å². The summed E-state index contributed by atoms with van der Waals surface area (Å²) in [4.78, 5) is 12.0. The van der Waals surface area contributed by atoms with E-state index in [1.807, 2.05) is 6.07 Å². The van der Waals surface area contributed by atoms with Crippen molar-refractivity contribution < 1.29 is 4.79 Å². The molecular formula is C11H16N6O. The molecule has 0 spiro atoms. The Morgan fingerprint density at radius 1 is 1.50 bits per heavy atom. The van der Waals surface area contributed by atoms with Crippen molar-refractivity contribution in [1.82, 2.24) is 14.8 Å². The maximum atomic E-state index is 12.0. The summed E-state index contributed by atoms with van der Waals surface area (Å²) < 4.78 is 1.36. The summed E-state index contributed by atoms with van der Waals surface area (Å²) in [5, 5.41) is 19.2. The minimum absolute atomic E-state index is 0.00509. The lowest BCUT2D eigenvalue weighted by Gasteiger charge is -2.15. The van der Waals surface area contributed by atoms with Crippen molar-refractivity contribution >= 4 is 23.9 Å². The van der Waals surface area contributed by atoms with Crippen LogP contribution in [0.25, 0.3) is 6.20 Å². The molecule has 0 atom stereocenters. The minimum atomic E-state index is -0.635. The zero-order valence-electron chi connectivity index (χ0n) is 10.9. The second kappa shape index (κ2) is 4.87. The summed E-state index contributed by atoms with van der Waals surface area (Å²) in [5.41, 5.74) is 4.98. The first-order valence-electron chi connectivity index (χ1n) is 5.36. The van der Waals surface area contributed by atoms with Crippen molar-refractivity contribution in [1.29, 1.82) is 5.26 Å². The van der Waals surface area contributed by atoms with E-state index < -0.39 is 5.41 Å². The van der Waals surface area contributed by atoms with Crippen LogP contribution in [0, 0.1) is 16.7 Å². The van der Waals surface area contributed by atoms with E-state index in [0.717, 1.165) is 0 Å². The van der Waals surface area contributed by atoms with Gasteiger partial charge in [-0.2, -0.15) is 5.26 Å². The van der Waals surface area contributed by atoms with Gasteiger partial charge < -0.3 is 11.1 Å². The lowest BCUT2D eigenvalue weighted by molar-refractivity contribution is -0.121. The molecule has 0 aliphatic carbocycles. The maximum Gasteiger partial charge on any atom is 0.230 e. The van der Waals surface area contributed by atoms with Gasteiger partial charge in [-0.15, -0.1) is 10.2 Å². The third kappa shape index (κ3) is 2.66. The van der Waals surface area contributed by atoms with Gasteiger partial charge in [-0.3, -0.25) is 9.36 Å². The molecule has 3 N–H and O–H groups in total. The van der Waals surface area contributed by atoms with Crippen molar-refractivity contribution in [2.45, 2.75) is 20.8 Å². The van der Waals surface area contributed by atoms with E-state index in [0.29, 0.717) is 5.95 Å². The Balaban J connectivity index is 3.25. The van der Waals surface area contributed by atoms with Gasteiger partial charge in [-0.05, 0) is 0 Å². The fraction of sp³-hybridized carbons (Fsp3) is 0.455. The van der Waals surface area contributed by atoms with Crippen molar-refractivity contribution in [2.24, 2.45) is 5.41 Å². The number of nitriles is 1. The Hall–Kier alpha value is -2.36. The van der Waals surface area contributed by atoms with Gasteiger partial charge in [0.25, 0.3) is 0 Å². The maximum absolute atomic E-state index is 12.0. The summed E-state index contributed by atoms with van der Waals surface area (Å²) in [6, 6.07) is 1.88. The summed E-state index contributed by atoms with van der Waals surface area (Å²) in [6.07, 6.45) is 1.34. The topological polar surface area (TPSA) is 110 Å². The highest BCUT2D eigenvalue weighted by molar-refractivity contribution is 6.05. The van der Waals surface area contributed by atoms with Crippen LogP contribution in [0.4, 0.5) is 11.9 Å². The lowest BCUT2D eigenvalue weighted by Crippen LogP contribution is -2.22. The van der Waals surface area contributed by atoms with Gasteiger partial charge in [-0.1, -0.05) is 20.8 Å². The molecule has 0 unspecified atom stereocenters. The van der Waals surface area contributed by atoms with Gasteiger partial charge in [0, 0.05) is 18.7 Å². The van der Waals surface area contributed by atoms with Crippen LogP contribution < -0.4 is 11.1 Å². The normalized spacial score (nSPS) is 12.1. The first-order chi connectivity index (χ1) is 8.31. The number of carbonyl (C=O) groups is 1. The Kier molecular flexibility index (Phi) is 3.71. The van der Waals surface area contributed by atoms with Crippen LogP contribution in [0.5, 0.6) is 0 Å². The fourth-order valence-corrected chi connectivity index (χ4v) is 1.27. The van der Waals surface area contributed by atoms with Crippen LogP contribution >= 0.6 is 0 Å². The largest absolute Gasteiger partial charge is 0.368 e. The predicted molar refractivity (Wildman–Crippen MR) is 68.3 cm³/mol. The van der Waals surface area contributed by atoms with Gasteiger partial charge >= 0.3 is 0 Å². The second-order valence-corrected chi connectivity index (χ2v) is 4.74. The average molecular weight is 248 g/mol. The zero-order chi connectivity index (χ0) is 13.9. The second-order valence-electron chi connectivity index (χ2n) is 4.74. The van der Waals surface area contributed by atoms with Gasteiger partial charge in [0.05, 0.1) is 0 Å². The van der Waals surface area contributed by atoms with E-state index in [1.54, 1.807) is 27.8 Å². The summed E-state index contributed by atoms with van der Waals surface area (Å²) >= 11 is 0. The van der Waals surface area contributed by atoms with Gasteiger partial charge in [-0.25, -0.2) is 0 Å². The molecule has 0 fully saturated rings. The Morgan fingerprint density at radius 2 is 2.11 bits per heavy atom. The summed E-state index contributed by atoms with van der Waals surface area (Å²) in [7, 11) is 1.64. The lowest BCUT2D eigenvalue weighted by atomic mass is 9.87. The number of allylic oxidation sites excluding steroid dienone is 1. The summed E-state index contributed by atoms with van der Waals surface area (Å²) in [6.45, 7) is 5.24. The Morgan fingerprint density at radius 3 is 2.56 bits per heavy atom. The molecule has 0 amide bonds. The molecule has 0 aromatic carbocycles. The number of carbonyl (C=O) groups excluding carboxylic acids is 1. The molecule has 96 valence electrons. The number of anilines is 2. The van der Waals surface area contributed by atoms with E-state index in [1.165, 1.54) is 10.8 Å². The number of rotatable bonds is 3. The number of ketones is 1. The van der Waals surface area contributed by atoms with Gasteiger partial charge in [0.15, 0.2) is 5.78 Å². The van der Waals surface area contributed by atoms with Gasteiger partial charge in [0.1, 0.15) is 11.6 Å². The van der Waals surface area contributed by atoms with Crippen molar-refractivity contribution in [3.63, 3.8) is 0 Å². The molecule has 0 saturated carbocycles. The molecule has 0 bridgehead atoms. The highest BCUT2D eigenvalue weighted by atomic mass is 16.1. The molecule has 1 aromatic rings. The molecule has 1 aromatic heterocycles. The van der Waals surface area contributed by atoms with Crippen molar-refractivity contribution in [3.8, 4) is 6.07 Å². The van der Waals surface area contributed by atoms with Crippen LogP contribution in [0.15, 0.2) is 5.57 Å². The molecule has 7 heteroatoms. The number of aromatic nitrogens is 3. The van der Waals surface area contributed by atoms with E-state index in [9.17, 15) is 4.79 Å². The molecule has 7 nitrogen and oxygen atoms in total. The molecular weight excluding hydrogens is 232 g/mol. The minimum Gasteiger partial charge on any atom is -0.368 e. The zero-order valence-corrected chi connectivity index (χ0v) is 10.9. The van der Waals surface area contributed by atoms with Crippen LogP contribution in [0.2, 0.25) is 0 Å². The monoisotopic (exact) mass is 248 g/mol. The molecule has 0 radical (unpaired) electrons. The van der Waals surface area contributed by atoms with E-state index >= 15 is 0 Å². The standard InChI is InChI=1S/C11H16N6O/c1-11(2,3)8(18)7(5-12)6-17-9(13)15-16-10(17)14-4/h6H,1-4H3,(H2,13,15)(H,14,16)/b7-6+. The smallest absolute Gasteiger partial charge is 0.230 e. The molecule has 1 rings (SSSR count). The third-order valence-corrected chi connectivity index (χ3v) is 2.25. The first-order valence-corrected chi connectivity index (χ1v) is 5.36. The average Bonchev–Trinajstić information content (AvgIpc) is 2.65. The number of nitrogens with two attached hydrogens (primary N) is 1. The number of nitrogens with one attached hydrogen (secondary N) is 1. The predicted octanol–water partition coefficient (Wildman–Crippen LogP) is 0.882. The van der Waals surface area contributed by atoms with Crippen LogP contribution in [-0.2, 0) is 4.79 Å². The fourth-order valence-electron chi connectivity index (χ4n) is 1.27. The SMILES string of the molecule is CNc1nnc(N)n1/C=C(\C#N)C(=O)C(C)(C)C. The molecule has 1 heterocycles. The number of hydrogen-bond acceptors (Lipinski definition) is 6.